The summed E-state index contributed by atoms with van der Waals surface area (Å²) < 4.78 is 3.54. The Balaban J connectivity index is 1.77. The third kappa shape index (κ3) is 3.46. The molecule has 1 fully saturated rings. The van der Waals surface area contributed by atoms with Gasteiger partial charge in [-0.3, -0.25) is 9.13 Å². The number of fused-ring (bicyclic) bond motifs is 1. The monoisotopic (exact) mass is 378 g/mol. The maximum absolute atomic E-state index is 12.8. The van der Waals surface area contributed by atoms with E-state index in [-0.39, 0.29) is 11.1 Å². The summed E-state index contributed by atoms with van der Waals surface area (Å²) in [5, 5.41) is 0. The zero-order chi connectivity index (χ0) is 19.9. The van der Waals surface area contributed by atoms with Crippen LogP contribution in [0.1, 0.15) is 51.6 Å². The Hall–Kier alpha value is -2.56. The van der Waals surface area contributed by atoms with Crippen molar-refractivity contribution in [1.29, 1.82) is 0 Å². The lowest BCUT2D eigenvalue weighted by Crippen LogP contribution is -2.34. The molecule has 1 saturated heterocycles. The first kappa shape index (κ1) is 18.8. The van der Waals surface area contributed by atoms with Crippen LogP contribution < -0.4 is 10.6 Å². The number of rotatable bonds is 3. The van der Waals surface area contributed by atoms with Gasteiger partial charge >= 0.3 is 5.69 Å². The molecule has 0 saturated carbocycles. The van der Waals surface area contributed by atoms with Crippen LogP contribution in [0.2, 0.25) is 0 Å². The van der Waals surface area contributed by atoms with Gasteiger partial charge in [0.1, 0.15) is 5.82 Å². The van der Waals surface area contributed by atoms with E-state index < -0.39 is 0 Å². The van der Waals surface area contributed by atoms with E-state index >= 15 is 0 Å². The van der Waals surface area contributed by atoms with Gasteiger partial charge in [-0.1, -0.05) is 51.1 Å². The van der Waals surface area contributed by atoms with Gasteiger partial charge in [-0.15, -0.1) is 0 Å². The van der Waals surface area contributed by atoms with Crippen LogP contribution in [0.4, 0.5) is 5.82 Å². The van der Waals surface area contributed by atoms with Crippen LogP contribution in [0.5, 0.6) is 0 Å². The molecule has 1 atom stereocenters. The second kappa shape index (κ2) is 7.12. The summed E-state index contributed by atoms with van der Waals surface area (Å²) in [5.74, 6) is 0.963. The summed E-state index contributed by atoms with van der Waals surface area (Å²) in [4.78, 5) is 20.2. The van der Waals surface area contributed by atoms with Crippen molar-refractivity contribution in [2.24, 2.45) is 12.5 Å². The lowest BCUT2D eigenvalue weighted by atomic mass is 9.95. The van der Waals surface area contributed by atoms with E-state index in [4.69, 9.17) is 4.98 Å². The first-order valence-electron chi connectivity index (χ1n) is 10.2. The normalized spacial score (nSPS) is 18.0. The molecule has 0 N–H and O–H groups in total. The summed E-state index contributed by atoms with van der Waals surface area (Å²) in [6.07, 6.45) is 3.54. The highest BCUT2D eigenvalue weighted by Crippen LogP contribution is 2.34. The molecular formula is C23H30N4O. The minimum atomic E-state index is 0.00725. The fourth-order valence-corrected chi connectivity index (χ4v) is 4.28. The third-order valence-electron chi connectivity index (χ3n) is 5.58. The Morgan fingerprint density at radius 2 is 1.82 bits per heavy atom. The van der Waals surface area contributed by atoms with Gasteiger partial charge in [-0.25, -0.2) is 9.78 Å². The second-order valence-electron chi connectivity index (χ2n) is 9.12. The van der Waals surface area contributed by atoms with Crippen molar-refractivity contribution in [1.82, 2.24) is 14.1 Å². The molecule has 0 bridgehead atoms. The van der Waals surface area contributed by atoms with Gasteiger partial charge in [-0.05, 0) is 42.4 Å². The SMILES string of the molecule is Cn1c(=O)n(CC(C)(C)C)c2ccc(N3CCCCC3c3ccccc3)nc21. The quantitative estimate of drug-likeness (QED) is 0.673. The van der Waals surface area contributed by atoms with E-state index in [2.05, 4.69) is 68.1 Å². The minimum absolute atomic E-state index is 0.00725. The molecule has 3 heterocycles. The van der Waals surface area contributed by atoms with Gasteiger partial charge in [0.05, 0.1) is 11.6 Å². The van der Waals surface area contributed by atoms with E-state index in [0.29, 0.717) is 12.6 Å². The summed E-state index contributed by atoms with van der Waals surface area (Å²) in [5.41, 5.74) is 3.06. The number of aryl methyl sites for hydroxylation is 1. The number of nitrogens with zero attached hydrogens (tertiary/aromatic N) is 4. The largest absolute Gasteiger partial charge is 0.350 e. The number of imidazole rings is 1. The average Bonchev–Trinajstić information content (AvgIpc) is 2.92. The molecule has 0 spiro atoms. The number of anilines is 1. The maximum Gasteiger partial charge on any atom is 0.330 e. The highest BCUT2D eigenvalue weighted by Gasteiger charge is 2.26. The van der Waals surface area contributed by atoms with E-state index in [9.17, 15) is 4.79 Å². The van der Waals surface area contributed by atoms with Gasteiger partial charge in [0.2, 0.25) is 0 Å². The van der Waals surface area contributed by atoms with Crippen LogP contribution in [0.3, 0.4) is 0 Å². The van der Waals surface area contributed by atoms with Gasteiger partial charge in [0.15, 0.2) is 5.65 Å². The number of aromatic nitrogens is 3. The van der Waals surface area contributed by atoms with Crippen molar-refractivity contribution >= 4 is 17.0 Å². The molecule has 0 radical (unpaired) electrons. The van der Waals surface area contributed by atoms with E-state index in [1.54, 1.807) is 4.57 Å². The van der Waals surface area contributed by atoms with Gasteiger partial charge in [0.25, 0.3) is 0 Å². The fraction of sp³-hybridized carbons (Fsp3) is 0.478. The Labute approximate surface area is 166 Å². The van der Waals surface area contributed by atoms with Crippen molar-refractivity contribution in [3.63, 3.8) is 0 Å². The Morgan fingerprint density at radius 3 is 2.54 bits per heavy atom. The van der Waals surface area contributed by atoms with Crippen LogP contribution in [0, 0.1) is 5.41 Å². The highest BCUT2D eigenvalue weighted by molar-refractivity contribution is 5.74. The lowest BCUT2D eigenvalue weighted by Gasteiger charge is -2.37. The van der Waals surface area contributed by atoms with E-state index in [1.807, 2.05) is 11.6 Å². The van der Waals surface area contributed by atoms with E-state index in [0.717, 1.165) is 29.9 Å². The zero-order valence-electron chi connectivity index (χ0n) is 17.4. The number of hydrogen-bond acceptors (Lipinski definition) is 3. The minimum Gasteiger partial charge on any atom is -0.350 e. The summed E-state index contributed by atoms with van der Waals surface area (Å²) in [7, 11) is 1.82. The number of pyridine rings is 1. The molecule has 1 aliphatic rings. The first-order chi connectivity index (χ1) is 13.3. The van der Waals surface area contributed by atoms with Crippen molar-refractivity contribution in [3.8, 4) is 0 Å². The predicted molar refractivity (Wildman–Crippen MR) is 115 cm³/mol. The van der Waals surface area contributed by atoms with Crippen LogP contribution in [-0.4, -0.2) is 20.7 Å². The smallest absolute Gasteiger partial charge is 0.330 e. The molecule has 28 heavy (non-hydrogen) atoms. The molecule has 4 rings (SSSR count). The Morgan fingerprint density at radius 1 is 1.07 bits per heavy atom. The molecular weight excluding hydrogens is 348 g/mol. The average molecular weight is 379 g/mol. The van der Waals surface area contributed by atoms with Crippen LogP contribution in [0.25, 0.3) is 11.2 Å². The molecule has 5 nitrogen and oxygen atoms in total. The zero-order valence-corrected chi connectivity index (χ0v) is 17.4. The Kier molecular flexibility index (Phi) is 4.77. The molecule has 0 amide bonds. The third-order valence-corrected chi connectivity index (χ3v) is 5.58. The lowest BCUT2D eigenvalue weighted by molar-refractivity contribution is 0.342. The van der Waals surface area contributed by atoms with Crippen LogP contribution in [0.15, 0.2) is 47.3 Å². The topological polar surface area (TPSA) is 43.1 Å². The standard InChI is InChI=1S/C23H30N4O/c1-23(2,3)16-27-19-13-14-20(24-21(19)25(4)22(27)28)26-15-9-8-12-18(26)17-10-6-5-7-11-17/h5-7,10-11,13-14,18H,8-9,12,15-16H2,1-4H3. The molecule has 3 aromatic rings. The summed E-state index contributed by atoms with van der Waals surface area (Å²) in [6, 6.07) is 15.2. The molecule has 2 aromatic heterocycles. The Bertz CT molecular complexity index is 1030. The first-order valence-corrected chi connectivity index (χ1v) is 10.2. The van der Waals surface area contributed by atoms with Crippen LogP contribution in [-0.2, 0) is 13.6 Å². The maximum atomic E-state index is 12.8. The molecule has 148 valence electrons. The van der Waals surface area contributed by atoms with Crippen molar-refractivity contribution < 1.29 is 0 Å². The molecule has 1 aromatic carbocycles. The van der Waals surface area contributed by atoms with Crippen molar-refractivity contribution in [3.05, 3.63) is 58.5 Å². The number of hydrogen-bond donors (Lipinski definition) is 0. The second-order valence-corrected chi connectivity index (χ2v) is 9.12. The number of piperidine rings is 1. The van der Waals surface area contributed by atoms with Gasteiger partial charge in [0, 0.05) is 20.1 Å². The molecule has 5 heteroatoms. The van der Waals surface area contributed by atoms with Crippen molar-refractivity contribution in [2.45, 2.75) is 52.6 Å². The highest BCUT2D eigenvalue weighted by atomic mass is 16.1. The van der Waals surface area contributed by atoms with Gasteiger partial charge < -0.3 is 4.90 Å². The predicted octanol–water partition coefficient (Wildman–Crippen LogP) is 4.51. The summed E-state index contributed by atoms with van der Waals surface area (Å²) in [6.45, 7) is 8.13. The number of benzene rings is 1. The molecule has 1 unspecified atom stereocenters. The van der Waals surface area contributed by atoms with Crippen LogP contribution >= 0.6 is 0 Å². The summed E-state index contributed by atoms with van der Waals surface area (Å²) >= 11 is 0. The van der Waals surface area contributed by atoms with Crippen molar-refractivity contribution in [2.75, 3.05) is 11.4 Å². The molecule has 1 aliphatic heterocycles. The fourth-order valence-electron chi connectivity index (χ4n) is 4.28. The van der Waals surface area contributed by atoms with E-state index in [1.165, 1.54) is 18.4 Å². The van der Waals surface area contributed by atoms with Gasteiger partial charge in [-0.2, -0.15) is 0 Å². The molecule has 0 aliphatic carbocycles.